The molecule has 6 saturated carbocycles. The van der Waals surface area contributed by atoms with E-state index in [4.69, 9.17) is 4.98 Å². The second-order valence-corrected chi connectivity index (χ2v) is 12.1. The zero-order chi connectivity index (χ0) is 22.4. The summed E-state index contributed by atoms with van der Waals surface area (Å²) >= 11 is 0. The van der Waals surface area contributed by atoms with Crippen LogP contribution in [-0.2, 0) is 4.79 Å². The number of aromatic nitrogens is 1. The fourth-order valence-corrected chi connectivity index (χ4v) is 8.93. The van der Waals surface area contributed by atoms with Crippen molar-refractivity contribution in [3.8, 4) is 6.07 Å². The number of para-hydroxylation sites is 1. The van der Waals surface area contributed by atoms with Gasteiger partial charge in [0.15, 0.2) is 5.78 Å². The van der Waals surface area contributed by atoms with E-state index >= 15 is 0 Å². The van der Waals surface area contributed by atoms with Crippen LogP contribution in [0.1, 0.15) is 51.4 Å². The van der Waals surface area contributed by atoms with Crippen molar-refractivity contribution in [1.82, 2.24) is 4.98 Å². The predicted molar refractivity (Wildman–Crippen MR) is 125 cm³/mol. The Kier molecular flexibility index (Phi) is 4.11. The average Bonchev–Trinajstić information content (AvgIpc) is 3.44. The number of hydrogen-bond donors (Lipinski definition) is 2. The van der Waals surface area contributed by atoms with Gasteiger partial charge in [0.1, 0.15) is 5.82 Å². The van der Waals surface area contributed by atoms with Crippen LogP contribution < -0.4 is 5.32 Å². The molecule has 6 aliphatic carbocycles. The average molecular weight is 442 g/mol. The summed E-state index contributed by atoms with van der Waals surface area (Å²) in [5, 5.41) is 25.9. The highest BCUT2D eigenvalue weighted by atomic mass is 16.3. The number of nitriles is 1. The minimum Gasteiger partial charge on any atom is -0.390 e. The highest BCUT2D eigenvalue weighted by Crippen LogP contribution is 2.65. The summed E-state index contributed by atoms with van der Waals surface area (Å²) in [7, 11) is 0. The number of Topliss-reactive ketones (excluding diaryl/α,β-unsaturated/α-hetero) is 1. The van der Waals surface area contributed by atoms with Crippen molar-refractivity contribution < 1.29 is 9.90 Å². The number of carbonyl (C=O) groups is 1. The number of pyridine rings is 1. The van der Waals surface area contributed by atoms with Gasteiger partial charge in [-0.1, -0.05) is 18.2 Å². The molecule has 4 bridgehead atoms. The minimum atomic E-state index is -0.631. The summed E-state index contributed by atoms with van der Waals surface area (Å²) in [4.78, 5) is 19.2. The predicted octanol–water partition coefficient (Wildman–Crippen LogP) is 4.71. The number of nitrogens with one attached hydrogen (secondary N) is 1. The Morgan fingerprint density at radius 3 is 2.64 bits per heavy atom. The number of anilines is 1. The SMILES string of the molecule is N#CC1C[C@@H]2C[C@@H]2C1C(=O)[C@@H](Nc1ccc2ccccc2n1)C12CC3C[C@@H](CC(O)(C3)C1)C2. The first kappa shape index (κ1) is 20.0. The van der Waals surface area contributed by atoms with Gasteiger partial charge >= 0.3 is 0 Å². The molecule has 1 aromatic carbocycles. The largest absolute Gasteiger partial charge is 0.390 e. The Morgan fingerprint density at radius 2 is 1.88 bits per heavy atom. The topological polar surface area (TPSA) is 86.0 Å². The molecule has 6 fully saturated rings. The molecule has 0 radical (unpaired) electrons. The summed E-state index contributed by atoms with van der Waals surface area (Å²) in [6.07, 6.45) is 7.63. The van der Waals surface area contributed by atoms with Gasteiger partial charge in [-0.05, 0) is 93.2 Å². The molecule has 5 nitrogen and oxygen atoms in total. The molecule has 9 atom stereocenters. The fourth-order valence-electron chi connectivity index (χ4n) is 8.93. The molecule has 2 aromatic rings. The van der Waals surface area contributed by atoms with Gasteiger partial charge in [0.2, 0.25) is 0 Å². The molecule has 1 heterocycles. The summed E-state index contributed by atoms with van der Waals surface area (Å²) in [6, 6.07) is 14.2. The first-order valence-electron chi connectivity index (χ1n) is 12.7. The zero-order valence-electron chi connectivity index (χ0n) is 18.9. The van der Waals surface area contributed by atoms with E-state index < -0.39 is 5.60 Å². The summed E-state index contributed by atoms with van der Waals surface area (Å²) in [5.41, 5.74) is 0.0416. The third kappa shape index (κ3) is 3.06. The van der Waals surface area contributed by atoms with Crippen molar-refractivity contribution in [2.75, 3.05) is 5.32 Å². The lowest BCUT2D eigenvalue weighted by Crippen LogP contribution is -2.63. The van der Waals surface area contributed by atoms with E-state index in [9.17, 15) is 15.2 Å². The Morgan fingerprint density at radius 1 is 1.09 bits per heavy atom. The van der Waals surface area contributed by atoms with Crippen molar-refractivity contribution in [3.63, 3.8) is 0 Å². The summed E-state index contributed by atoms with van der Waals surface area (Å²) in [5.74, 6) is 2.56. The van der Waals surface area contributed by atoms with E-state index in [-0.39, 0.29) is 29.1 Å². The van der Waals surface area contributed by atoms with E-state index in [1.54, 1.807) is 0 Å². The van der Waals surface area contributed by atoms with Crippen LogP contribution in [-0.4, -0.2) is 27.5 Å². The van der Waals surface area contributed by atoms with Gasteiger partial charge in [-0.15, -0.1) is 0 Å². The Balaban J connectivity index is 1.29. The second kappa shape index (κ2) is 6.79. The normalized spacial score (nSPS) is 43.2. The van der Waals surface area contributed by atoms with Crippen molar-refractivity contribution in [3.05, 3.63) is 36.4 Å². The van der Waals surface area contributed by atoms with Crippen molar-refractivity contribution >= 4 is 22.5 Å². The molecule has 2 N–H and O–H groups in total. The molecular weight excluding hydrogens is 410 g/mol. The van der Waals surface area contributed by atoms with E-state index in [1.807, 2.05) is 30.3 Å². The zero-order valence-corrected chi connectivity index (χ0v) is 18.9. The van der Waals surface area contributed by atoms with Gasteiger partial charge in [0, 0.05) is 16.7 Å². The maximum Gasteiger partial charge on any atom is 0.160 e. The third-order valence-corrected chi connectivity index (χ3v) is 9.79. The second-order valence-electron chi connectivity index (χ2n) is 12.1. The highest BCUT2D eigenvalue weighted by molar-refractivity contribution is 5.91. The molecule has 0 saturated heterocycles. The molecule has 0 aliphatic heterocycles. The number of rotatable bonds is 5. The minimum absolute atomic E-state index is 0.160. The van der Waals surface area contributed by atoms with Crippen LogP contribution in [0.15, 0.2) is 36.4 Å². The van der Waals surface area contributed by atoms with Crippen LogP contribution >= 0.6 is 0 Å². The number of ketones is 1. The monoisotopic (exact) mass is 441 g/mol. The maximum absolute atomic E-state index is 14.3. The van der Waals surface area contributed by atoms with Crippen LogP contribution in [0.5, 0.6) is 0 Å². The van der Waals surface area contributed by atoms with Crippen LogP contribution in [0, 0.1) is 52.3 Å². The van der Waals surface area contributed by atoms with Gasteiger partial charge in [-0.25, -0.2) is 4.98 Å². The molecule has 0 spiro atoms. The first-order chi connectivity index (χ1) is 16.0. The summed E-state index contributed by atoms with van der Waals surface area (Å²) in [6.45, 7) is 0. The lowest BCUT2D eigenvalue weighted by molar-refractivity contribution is -0.172. The molecule has 5 heteroatoms. The Hall–Kier alpha value is -2.45. The first-order valence-corrected chi connectivity index (χ1v) is 12.7. The third-order valence-electron chi connectivity index (χ3n) is 9.79. The molecular formula is C28H31N3O2. The number of carbonyl (C=O) groups excluding carboxylic acids is 1. The van der Waals surface area contributed by atoms with Gasteiger partial charge in [-0.3, -0.25) is 4.79 Å². The molecule has 5 unspecified atom stereocenters. The lowest BCUT2D eigenvalue weighted by Gasteiger charge is -2.62. The molecule has 8 rings (SSSR count). The van der Waals surface area contributed by atoms with Crippen LogP contribution in [0.25, 0.3) is 10.9 Å². The number of benzene rings is 1. The van der Waals surface area contributed by atoms with E-state index in [0.717, 1.165) is 55.2 Å². The van der Waals surface area contributed by atoms with E-state index in [0.29, 0.717) is 30.1 Å². The van der Waals surface area contributed by atoms with Crippen LogP contribution in [0.3, 0.4) is 0 Å². The van der Waals surface area contributed by atoms with Crippen molar-refractivity contribution in [2.24, 2.45) is 40.9 Å². The van der Waals surface area contributed by atoms with Gasteiger partial charge in [-0.2, -0.15) is 5.26 Å². The molecule has 1 aromatic heterocycles. The molecule has 0 amide bonds. The fraction of sp³-hybridized carbons (Fsp3) is 0.607. The van der Waals surface area contributed by atoms with E-state index in [1.165, 1.54) is 6.42 Å². The van der Waals surface area contributed by atoms with E-state index in [2.05, 4.69) is 17.5 Å². The lowest BCUT2D eigenvalue weighted by atomic mass is 9.45. The smallest absolute Gasteiger partial charge is 0.160 e. The summed E-state index contributed by atoms with van der Waals surface area (Å²) < 4.78 is 0. The Bertz CT molecular complexity index is 1170. The van der Waals surface area contributed by atoms with Gasteiger partial charge < -0.3 is 10.4 Å². The maximum atomic E-state index is 14.3. The number of fused-ring (bicyclic) bond motifs is 2. The highest BCUT2D eigenvalue weighted by Gasteiger charge is 2.64. The number of hydrogen-bond acceptors (Lipinski definition) is 5. The standard InChI is InChI=1S/C28H31N3O2/c29-14-20-8-19-9-21(19)24(20)25(32)26(31-23-6-5-18-3-1-2-4-22(18)30-23)27-10-16-7-17(11-27)13-28(33,12-16)15-27/h1-6,16-17,19-21,24,26,33H,7-13,15H2,(H,30,31)/t16-,17?,19-,20?,21+,24?,26-,27?,28?/m1/s1. The molecule has 6 aliphatic rings. The number of aliphatic hydroxyl groups is 1. The quantitative estimate of drug-likeness (QED) is 0.702. The molecule has 33 heavy (non-hydrogen) atoms. The van der Waals surface area contributed by atoms with Crippen molar-refractivity contribution in [2.45, 2.75) is 63.0 Å². The van der Waals surface area contributed by atoms with Gasteiger partial charge in [0.25, 0.3) is 0 Å². The van der Waals surface area contributed by atoms with Gasteiger partial charge in [0.05, 0.1) is 29.1 Å². The van der Waals surface area contributed by atoms with Crippen molar-refractivity contribution in [1.29, 1.82) is 5.26 Å². The molecule has 170 valence electrons. The van der Waals surface area contributed by atoms with Crippen LogP contribution in [0.2, 0.25) is 0 Å². The Labute approximate surface area is 194 Å². The van der Waals surface area contributed by atoms with Crippen LogP contribution in [0.4, 0.5) is 5.82 Å². The number of nitrogens with zero attached hydrogens (tertiary/aromatic N) is 2.